The van der Waals surface area contributed by atoms with Crippen LogP contribution in [0.1, 0.15) is 23.5 Å². The Morgan fingerprint density at radius 1 is 1.00 bits per heavy atom. The summed E-state index contributed by atoms with van der Waals surface area (Å²) < 4.78 is 0. The summed E-state index contributed by atoms with van der Waals surface area (Å²) in [6, 6.07) is 19.7. The Morgan fingerprint density at radius 2 is 1.58 bits per heavy atom. The average molecular weight is 351 g/mol. The largest absolute Gasteiger partial charge is 0.355 e. The van der Waals surface area contributed by atoms with Gasteiger partial charge in [-0.2, -0.15) is 0 Å². The third-order valence-corrected chi connectivity index (χ3v) is 4.40. The minimum absolute atomic E-state index is 0.0454. The molecule has 3 rings (SSSR count). The molecular formula is C20H21N3O3. The highest BCUT2D eigenvalue weighted by Gasteiger charge is 2.30. The molecule has 0 aliphatic carbocycles. The molecule has 2 N–H and O–H groups in total. The van der Waals surface area contributed by atoms with E-state index in [0.29, 0.717) is 6.54 Å². The van der Waals surface area contributed by atoms with Crippen LogP contribution >= 0.6 is 0 Å². The van der Waals surface area contributed by atoms with E-state index in [1.54, 1.807) is 0 Å². The standard InChI is InChI=1S/C20H21N3O3/c24-18(14-23-19(25)13-22-20(23)26)21-12-11-17(15-7-3-1-4-8-15)16-9-5-2-6-10-16/h1-10,17H,11-14H2,(H,21,24)(H,22,26). The van der Waals surface area contributed by atoms with Gasteiger partial charge in [-0.3, -0.25) is 14.5 Å². The van der Waals surface area contributed by atoms with E-state index in [9.17, 15) is 14.4 Å². The lowest BCUT2D eigenvalue weighted by Crippen LogP contribution is -2.41. The van der Waals surface area contributed by atoms with Crippen LogP contribution in [0, 0.1) is 0 Å². The number of benzene rings is 2. The van der Waals surface area contributed by atoms with Gasteiger partial charge in [0.25, 0.3) is 5.91 Å². The monoisotopic (exact) mass is 351 g/mol. The summed E-state index contributed by atoms with van der Waals surface area (Å²) >= 11 is 0. The van der Waals surface area contributed by atoms with E-state index in [1.807, 2.05) is 36.4 Å². The molecule has 0 unspecified atom stereocenters. The molecule has 1 aliphatic rings. The van der Waals surface area contributed by atoms with E-state index in [1.165, 1.54) is 11.1 Å². The Kier molecular flexibility index (Phi) is 5.63. The molecule has 4 amide bonds. The molecule has 0 radical (unpaired) electrons. The highest BCUT2D eigenvalue weighted by Crippen LogP contribution is 2.27. The SMILES string of the molecule is O=C(CN1C(=O)CNC1=O)NCCC(c1ccccc1)c1ccccc1. The number of carbonyl (C=O) groups excluding carboxylic acids is 3. The van der Waals surface area contributed by atoms with E-state index in [-0.39, 0.29) is 30.8 Å². The van der Waals surface area contributed by atoms with Crippen molar-refractivity contribution < 1.29 is 14.4 Å². The normalized spacial score (nSPS) is 13.8. The molecule has 0 aromatic heterocycles. The van der Waals surface area contributed by atoms with Gasteiger partial charge in [-0.15, -0.1) is 0 Å². The molecule has 26 heavy (non-hydrogen) atoms. The quantitative estimate of drug-likeness (QED) is 0.748. The minimum atomic E-state index is -0.517. The van der Waals surface area contributed by atoms with Crippen LogP contribution in [0.15, 0.2) is 60.7 Å². The predicted octanol–water partition coefficient (Wildman–Crippen LogP) is 1.88. The molecule has 0 bridgehead atoms. The van der Waals surface area contributed by atoms with Gasteiger partial charge in [0.15, 0.2) is 0 Å². The first-order valence-corrected chi connectivity index (χ1v) is 8.60. The second-order valence-electron chi connectivity index (χ2n) is 6.15. The second-order valence-corrected chi connectivity index (χ2v) is 6.15. The number of amides is 4. The number of hydrogen-bond acceptors (Lipinski definition) is 3. The van der Waals surface area contributed by atoms with Crippen molar-refractivity contribution in [3.63, 3.8) is 0 Å². The zero-order valence-electron chi connectivity index (χ0n) is 14.4. The second kappa shape index (κ2) is 8.29. The van der Waals surface area contributed by atoms with Gasteiger partial charge >= 0.3 is 6.03 Å². The van der Waals surface area contributed by atoms with Gasteiger partial charge in [-0.05, 0) is 17.5 Å². The van der Waals surface area contributed by atoms with Gasteiger partial charge in [0.1, 0.15) is 6.54 Å². The van der Waals surface area contributed by atoms with Gasteiger partial charge in [-0.1, -0.05) is 60.7 Å². The van der Waals surface area contributed by atoms with E-state index in [4.69, 9.17) is 0 Å². The van der Waals surface area contributed by atoms with Crippen LogP contribution in [0.2, 0.25) is 0 Å². The van der Waals surface area contributed by atoms with Gasteiger partial charge in [0.05, 0.1) is 6.54 Å². The maximum atomic E-state index is 12.1. The topological polar surface area (TPSA) is 78.5 Å². The van der Waals surface area contributed by atoms with Crippen molar-refractivity contribution in [1.82, 2.24) is 15.5 Å². The average Bonchev–Trinajstić information content (AvgIpc) is 2.98. The van der Waals surface area contributed by atoms with E-state index < -0.39 is 6.03 Å². The molecule has 0 atom stereocenters. The summed E-state index contributed by atoms with van der Waals surface area (Å²) in [6.07, 6.45) is 0.722. The maximum absolute atomic E-state index is 12.1. The zero-order valence-corrected chi connectivity index (χ0v) is 14.4. The first-order chi connectivity index (χ1) is 12.6. The van der Waals surface area contributed by atoms with Crippen molar-refractivity contribution in [1.29, 1.82) is 0 Å². The number of nitrogens with one attached hydrogen (secondary N) is 2. The molecule has 0 saturated carbocycles. The fourth-order valence-corrected chi connectivity index (χ4v) is 3.07. The van der Waals surface area contributed by atoms with Gasteiger partial charge in [0, 0.05) is 12.5 Å². The van der Waals surface area contributed by atoms with Crippen LogP contribution in [0.4, 0.5) is 4.79 Å². The summed E-state index contributed by atoms with van der Waals surface area (Å²) in [5.41, 5.74) is 2.36. The zero-order chi connectivity index (χ0) is 18.4. The van der Waals surface area contributed by atoms with Crippen molar-refractivity contribution in [2.75, 3.05) is 19.6 Å². The molecule has 1 heterocycles. The fraction of sp³-hybridized carbons (Fsp3) is 0.250. The summed E-state index contributed by atoms with van der Waals surface area (Å²) in [4.78, 5) is 36.0. The Morgan fingerprint density at radius 3 is 2.08 bits per heavy atom. The molecule has 1 aliphatic heterocycles. The van der Waals surface area contributed by atoms with Gasteiger partial charge < -0.3 is 10.6 Å². The Labute approximate surface area is 152 Å². The highest BCUT2D eigenvalue weighted by molar-refractivity contribution is 6.04. The molecular weight excluding hydrogens is 330 g/mol. The van der Waals surface area contributed by atoms with Gasteiger partial charge in [0.2, 0.25) is 5.91 Å². The summed E-state index contributed by atoms with van der Waals surface area (Å²) in [5.74, 6) is -0.554. The van der Waals surface area contributed by atoms with Crippen molar-refractivity contribution in [2.24, 2.45) is 0 Å². The molecule has 1 saturated heterocycles. The molecule has 6 nitrogen and oxygen atoms in total. The number of carbonyl (C=O) groups is 3. The Balaban J connectivity index is 1.59. The third kappa shape index (κ3) is 4.27. The van der Waals surface area contributed by atoms with Crippen LogP contribution in [0.3, 0.4) is 0 Å². The van der Waals surface area contributed by atoms with Crippen molar-refractivity contribution in [3.05, 3.63) is 71.8 Å². The summed E-state index contributed by atoms with van der Waals surface area (Å²) in [5, 5.41) is 5.21. The van der Waals surface area contributed by atoms with Crippen molar-refractivity contribution in [3.8, 4) is 0 Å². The number of nitrogens with zero attached hydrogens (tertiary/aromatic N) is 1. The molecule has 134 valence electrons. The predicted molar refractivity (Wildman–Crippen MR) is 97.5 cm³/mol. The number of hydrogen-bond donors (Lipinski definition) is 2. The highest BCUT2D eigenvalue weighted by atomic mass is 16.2. The van der Waals surface area contributed by atoms with Crippen molar-refractivity contribution in [2.45, 2.75) is 12.3 Å². The molecule has 0 spiro atoms. The first kappa shape index (κ1) is 17.7. The fourth-order valence-electron chi connectivity index (χ4n) is 3.07. The Bertz CT molecular complexity index is 722. The number of rotatable bonds is 7. The first-order valence-electron chi connectivity index (χ1n) is 8.60. The smallest absolute Gasteiger partial charge is 0.325 e. The van der Waals surface area contributed by atoms with Crippen LogP contribution in [0.5, 0.6) is 0 Å². The van der Waals surface area contributed by atoms with E-state index >= 15 is 0 Å². The summed E-state index contributed by atoms with van der Waals surface area (Å²) in [7, 11) is 0. The number of urea groups is 1. The lowest BCUT2D eigenvalue weighted by atomic mass is 9.88. The molecule has 1 fully saturated rings. The van der Waals surface area contributed by atoms with Crippen LogP contribution in [-0.2, 0) is 9.59 Å². The van der Waals surface area contributed by atoms with Crippen LogP contribution < -0.4 is 10.6 Å². The summed E-state index contributed by atoms with van der Waals surface area (Å²) in [6.45, 7) is 0.166. The maximum Gasteiger partial charge on any atom is 0.325 e. The lowest BCUT2D eigenvalue weighted by molar-refractivity contribution is -0.130. The number of imide groups is 1. The van der Waals surface area contributed by atoms with Gasteiger partial charge in [-0.25, -0.2) is 4.79 Å². The van der Waals surface area contributed by atoms with Crippen LogP contribution in [-0.4, -0.2) is 42.4 Å². The third-order valence-electron chi connectivity index (χ3n) is 4.40. The van der Waals surface area contributed by atoms with Crippen LogP contribution in [0.25, 0.3) is 0 Å². The lowest BCUT2D eigenvalue weighted by Gasteiger charge is -2.19. The molecule has 2 aromatic carbocycles. The Hall–Kier alpha value is -3.15. The van der Waals surface area contributed by atoms with E-state index in [0.717, 1.165) is 11.3 Å². The van der Waals surface area contributed by atoms with E-state index in [2.05, 4.69) is 34.9 Å². The molecule has 6 heteroatoms. The minimum Gasteiger partial charge on any atom is -0.355 e. The molecule has 2 aromatic rings. The van der Waals surface area contributed by atoms with Crippen molar-refractivity contribution >= 4 is 17.8 Å².